The number of hydrogen-bond donors (Lipinski definition) is 4. The lowest BCUT2D eigenvalue weighted by atomic mass is 9.94. The number of hydrogen-bond acceptors (Lipinski definition) is 5. The third-order valence-corrected chi connectivity index (χ3v) is 3.35. The normalized spacial score (nSPS) is 11.0. The van der Waals surface area contributed by atoms with Crippen molar-refractivity contribution in [2.24, 2.45) is 4.99 Å². The highest BCUT2D eigenvalue weighted by atomic mass is 16.5. The molecule has 2 amide bonds. The van der Waals surface area contributed by atoms with Crippen molar-refractivity contribution in [2.75, 3.05) is 6.61 Å². The maximum absolute atomic E-state index is 12.3. The van der Waals surface area contributed by atoms with Gasteiger partial charge in [0, 0.05) is 11.1 Å². The van der Waals surface area contributed by atoms with Gasteiger partial charge in [0.2, 0.25) is 0 Å². The van der Waals surface area contributed by atoms with Crippen LogP contribution in [-0.4, -0.2) is 47.0 Å². The molecule has 1 aromatic rings. The van der Waals surface area contributed by atoms with E-state index in [9.17, 15) is 9.59 Å². The minimum absolute atomic E-state index is 0.258. The molecule has 4 N–H and O–H groups in total. The number of benzene rings is 1. The van der Waals surface area contributed by atoms with Gasteiger partial charge in [0.05, 0.1) is 5.54 Å². The van der Waals surface area contributed by atoms with Crippen LogP contribution >= 0.6 is 0 Å². The number of carbonyl (C=O) groups is 2. The first-order valence-electron chi connectivity index (χ1n) is 7.28. The molecule has 7 heteroatoms. The molecule has 0 aliphatic heterocycles. The SMILES string of the molecule is C=NC(C)(C)[C@H](NC(=O)c1ccc(C#CC#CCO)cc1)C(=O)NO. The molecule has 0 aromatic heterocycles. The Hall–Kier alpha value is -3.13. The number of carbonyl (C=O) groups excluding carboxylic acids is 2. The monoisotopic (exact) mass is 341 g/mol. The lowest BCUT2D eigenvalue weighted by molar-refractivity contribution is -0.132. The van der Waals surface area contributed by atoms with Crippen LogP contribution in [0.5, 0.6) is 0 Å². The summed E-state index contributed by atoms with van der Waals surface area (Å²) in [5.74, 6) is 8.88. The number of aliphatic imine (C=N–C) groups is 1. The number of hydroxylamine groups is 1. The Morgan fingerprint density at radius 1 is 1.28 bits per heavy atom. The minimum atomic E-state index is -1.10. The Labute approximate surface area is 146 Å². The minimum Gasteiger partial charge on any atom is -0.384 e. The number of nitrogens with one attached hydrogen (secondary N) is 2. The first kappa shape index (κ1) is 19.9. The summed E-state index contributed by atoms with van der Waals surface area (Å²) in [4.78, 5) is 27.9. The van der Waals surface area contributed by atoms with Crippen LogP contribution in [0.3, 0.4) is 0 Å². The lowest BCUT2D eigenvalue weighted by Gasteiger charge is -2.29. The largest absolute Gasteiger partial charge is 0.384 e. The summed E-state index contributed by atoms with van der Waals surface area (Å²) in [5.41, 5.74) is 1.45. The molecular formula is C18H19N3O4. The Balaban J connectivity index is 2.93. The molecule has 1 atom stereocenters. The third-order valence-electron chi connectivity index (χ3n) is 3.35. The van der Waals surface area contributed by atoms with Gasteiger partial charge in [-0.3, -0.25) is 19.8 Å². The molecule has 0 unspecified atom stereocenters. The van der Waals surface area contributed by atoms with Crippen molar-refractivity contribution in [2.45, 2.75) is 25.4 Å². The average molecular weight is 341 g/mol. The molecule has 1 rings (SSSR count). The molecule has 25 heavy (non-hydrogen) atoms. The van der Waals surface area contributed by atoms with Gasteiger partial charge in [-0.25, -0.2) is 5.48 Å². The molecule has 0 radical (unpaired) electrons. The fourth-order valence-electron chi connectivity index (χ4n) is 1.83. The molecule has 0 aliphatic rings. The maximum atomic E-state index is 12.3. The highest BCUT2D eigenvalue weighted by Gasteiger charge is 2.35. The molecule has 1 aromatic carbocycles. The molecule has 0 heterocycles. The van der Waals surface area contributed by atoms with Crippen molar-refractivity contribution < 1.29 is 19.9 Å². The second-order valence-electron chi connectivity index (χ2n) is 5.48. The van der Waals surface area contributed by atoms with Gasteiger partial charge in [-0.15, -0.1) is 0 Å². The fourth-order valence-corrected chi connectivity index (χ4v) is 1.83. The predicted molar refractivity (Wildman–Crippen MR) is 93.0 cm³/mol. The van der Waals surface area contributed by atoms with Crippen LogP contribution in [-0.2, 0) is 4.79 Å². The van der Waals surface area contributed by atoms with Gasteiger partial charge in [0.1, 0.15) is 12.6 Å². The average Bonchev–Trinajstić information content (AvgIpc) is 2.62. The number of amides is 2. The molecule has 0 saturated carbocycles. The summed E-state index contributed by atoms with van der Waals surface area (Å²) >= 11 is 0. The molecule has 7 nitrogen and oxygen atoms in total. The van der Waals surface area contributed by atoms with Crippen LogP contribution < -0.4 is 10.8 Å². The van der Waals surface area contributed by atoms with Crippen LogP contribution in [0.1, 0.15) is 29.8 Å². The topological polar surface area (TPSA) is 111 Å². The second-order valence-corrected chi connectivity index (χ2v) is 5.48. The Morgan fingerprint density at radius 2 is 1.92 bits per heavy atom. The van der Waals surface area contributed by atoms with Gasteiger partial charge in [-0.1, -0.05) is 11.8 Å². The zero-order valence-electron chi connectivity index (χ0n) is 14.0. The van der Waals surface area contributed by atoms with E-state index in [1.165, 1.54) is 5.48 Å². The smallest absolute Gasteiger partial charge is 0.268 e. The van der Waals surface area contributed by atoms with Crippen molar-refractivity contribution in [3.63, 3.8) is 0 Å². The van der Waals surface area contributed by atoms with Crippen molar-refractivity contribution in [3.05, 3.63) is 35.4 Å². The van der Waals surface area contributed by atoms with Crippen molar-refractivity contribution in [3.8, 4) is 23.7 Å². The zero-order chi connectivity index (χ0) is 18.9. The molecule has 130 valence electrons. The summed E-state index contributed by atoms with van der Waals surface area (Å²) in [6, 6.07) is 5.24. The summed E-state index contributed by atoms with van der Waals surface area (Å²) in [5, 5.41) is 19.9. The summed E-state index contributed by atoms with van der Waals surface area (Å²) in [7, 11) is 0. The van der Waals surface area contributed by atoms with Crippen LogP contribution in [0.2, 0.25) is 0 Å². The van der Waals surface area contributed by atoms with E-state index in [4.69, 9.17) is 10.3 Å². The third kappa shape index (κ3) is 5.78. The summed E-state index contributed by atoms with van der Waals surface area (Å²) < 4.78 is 0. The van der Waals surface area contributed by atoms with Gasteiger partial charge in [-0.2, -0.15) is 0 Å². The van der Waals surface area contributed by atoms with E-state index in [-0.39, 0.29) is 6.61 Å². The van der Waals surface area contributed by atoms with Gasteiger partial charge >= 0.3 is 0 Å². The quantitative estimate of drug-likeness (QED) is 0.264. The fraction of sp³-hybridized carbons (Fsp3) is 0.278. The van der Waals surface area contributed by atoms with Crippen molar-refractivity contribution in [1.82, 2.24) is 10.8 Å². The molecule has 0 aliphatic carbocycles. The predicted octanol–water partition coefficient (Wildman–Crippen LogP) is 0.117. The maximum Gasteiger partial charge on any atom is 0.268 e. The van der Waals surface area contributed by atoms with E-state index in [0.717, 1.165) is 0 Å². The van der Waals surface area contributed by atoms with Crippen LogP contribution in [0.4, 0.5) is 0 Å². The highest BCUT2D eigenvalue weighted by molar-refractivity contribution is 5.98. The van der Waals surface area contributed by atoms with Crippen LogP contribution in [0, 0.1) is 23.7 Å². The molecule has 0 bridgehead atoms. The Kier molecular flexibility index (Phi) is 7.36. The van der Waals surface area contributed by atoms with E-state index in [2.05, 4.69) is 40.7 Å². The van der Waals surface area contributed by atoms with Crippen molar-refractivity contribution >= 4 is 18.5 Å². The number of aliphatic hydroxyl groups is 1. The van der Waals surface area contributed by atoms with E-state index in [0.29, 0.717) is 11.1 Å². The Bertz CT molecular complexity index is 761. The van der Waals surface area contributed by atoms with Crippen molar-refractivity contribution in [1.29, 1.82) is 0 Å². The van der Waals surface area contributed by atoms with Gasteiger partial charge in [0.15, 0.2) is 0 Å². The molecule has 0 spiro atoms. The first-order chi connectivity index (χ1) is 11.9. The first-order valence-corrected chi connectivity index (χ1v) is 7.28. The molecule has 0 saturated heterocycles. The number of rotatable bonds is 5. The Morgan fingerprint density at radius 3 is 2.44 bits per heavy atom. The van der Waals surface area contributed by atoms with E-state index >= 15 is 0 Å². The molecular weight excluding hydrogens is 322 g/mol. The summed E-state index contributed by atoms with van der Waals surface area (Å²) in [6.07, 6.45) is 0. The van der Waals surface area contributed by atoms with Crippen LogP contribution in [0.25, 0.3) is 0 Å². The van der Waals surface area contributed by atoms with Gasteiger partial charge in [0.25, 0.3) is 11.8 Å². The number of aliphatic hydroxyl groups excluding tert-OH is 1. The van der Waals surface area contributed by atoms with E-state index in [1.54, 1.807) is 38.1 Å². The molecule has 0 fully saturated rings. The summed E-state index contributed by atoms with van der Waals surface area (Å²) in [6.45, 7) is 6.35. The standard InChI is InChI=1S/C18H19N3O4/c1-18(2,19-3)15(17(24)21-25)20-16(23)14-10-8-13(9-11-14)7-5-4-6-12-22/h8-11,15,22,25H,3,12H2,1-2H3,(H,20,23)(H,21,24)/t15-/m1/s1. The van der Waals surface area contributed by atoms with E-state index < -0.39 is 23.4 Å². The highest BCUT2D eigenvalue weighted by Crippen LogP contribution is 2.15. The van der Waals surface area contributed by atoms with E-state index in [1.807, 2.05) is 0 Å². The van der Waals surface area contributed by atoms with Gasteiger partial charge < -0.3 is 10.4 Å². The zero-order valence-corrected chi connectivity index (χ0v) is 14.0. The lowest BCUT2D eigenvalue weighted by Crippen LogP contribution is -2.56. The number of nitrogens with zero attached hydrogens (tertiary/aromatic N) is 1. The van der Waals surface area contributed by atoms with Crippen LogP contribution in [0.15, 0.2) is 29.3 Å². The second kappa shape index (κ2) is 9.24. The van der Waals surface area contributed by atoms with Gasteiger partial charge in [-0.05, 0) is 56.7 Å².